The van der Waals surface area contributed by atoms with E-state index in [1.54, 1.807) is 4.90 Å². The van der Waals surface area contributed by atoms with E-state index < -0.39 is 11.7 Å². The van der Waals surface area contributed by atoms with E-state index in [1.807, 2.05) is 51.1 Å². The number of likely N-dealkylation sites (tertiary alicyclic amines) is 1. The molecule has 1 saturated heterocycles. The van der Waals surface area contributed by atoms with Gasteiger partial charge >= 0.3 is 6.09 Å². The Balaban J connectivity index is 1.86. The normalized spacial score (nSPS) is 22.5. The van der Waals surface area contributed by atoms with Crippen LogP contribution in [0, 0.1) is 0 Å². The monoisotopic (exact) mass is 321 g/mol. The molecule has 23 heavy (non-hydrogen) atoms. The van der Waals surface area contributed by atoms with E-state index in [9.17, 15) is 9.90 Å². The fraction of sp³-hybridized carbons (Fsp3) is 0.611. The van der Waals surface area contributed by atoms with E-state index in [-0.39, 0.29) is 12.2 Å². The molecule has 1 aromatic rings. The predicted molar refractivity (Wildman–Crippen MR) is 88.1 cm³/mol. The quantitative estimate of drug-likeness (QED) is 0.930. The van der Waals surface area contributed by atoms with Gasteiger partial charge < -0.3 is 19.5 Å². The van der Waals surface area contributed by atoms with Gasteiger partial charge in [0.1, 0.15) is 5.60 Å². The third-order valence-corrected chi connectivity index (χ3v) is 3.67. The van der Waals surface area contributed by atoms with Gasteiger partial charge in [-0.15, -0.1) is 0 Å². The largest absolute Gasteiger partial charge is 0.444 e. The topological polar surface area (TPSA) is 59.0 Å². The van der Waals surface area contributed by atoms with Crippen LogP contribution >= 0.6 is 0 Å². The predicted octanol–water partition coefficient (Wildman–Crippen LogP) is 2.96. The van der Waals surface area contributed by atoms with Gasteiger partial charge in [-0.05, 0) is 32.8 Å². The minimum absolute atomic E-state index is 0.0577. The Bertz CT molecular complexity index is 497. The molecular weight excluding hydrogens is 294 g/mol. The average molecular weight is 321 g/mol. The molecule has 1 aliphatic rings. The smallest absolute Gasteiger partial charge is 0.410 e. The van der Waals surface area contributed by atoms with E-state index in [2.05, 4.69) is 0 Å². The Morgan fingerprint density at radius 3 is 2.65 bits per heavy atom. The number of hydrogen-bond donors (Lipinski definition) is 1. The minimum atomic E-state index is -0.592. The number of carbonyl (C=O) groups is 1. The van der Waals surface area contributed by atoms with Gasteiger partial charge in [-0.25, -0.2) is 4.79 Å². The number of hydrogen-bond acceptors (Lipinski definition) is 4. The summed E-state index contributed by atoms with van der Waals surface area (Å²) in [5, 5.41) is 10.1. The van der Waals surface area contributed by atoms with E-state index in [0.717, 1.165) is 5.56 Å². The molecule has 2 atom stereocenters. The zero-order chi connectivity index (χ0) is 16.9. The van der Waals surface area contributed by atoms with Crippen molar-refractivity contribution in [2.24, 2.45) is 0 Å². The molecule has 1 aliphatic heterocycles. The molecule has 0 saturated carbocycles. The lowest BCUT2D eigenvalue weighted by Gasteiger charge is -2.27. The maximum atomic E-state index is 12.1. The highest BCUT2D eigenvalue weighted by Crippen LogP contribution is 2.19. The Morgan fingerprint density at radius 2 is 2.00 bits per heavy atom. The summed E-state index contributed by atoms with van der Waals surface area (Å²) in [4.78, 5) is 13.7. The first-order valence-electron chi connectivity index (χ1n) is 8.15. The average Bonchev–Trinajstić information content (AvgIpc) is 2.66. The van der Waals surface area contributed by atoms with Crippen LogP contribution in [-0.2, 0) is 16.1 Å². The molecule has 1 heterocycles. The van der Waals surface area contributed by atoms with E-state index in [0.29, 0.717) is 32.5 Å². The number of rotatable bonds is 3. The second kappa shape index (κ2) is 7.79. The second-order valence-corrected chi connectivity index (χ2v) is 7.02. The zero-order valence-electron chi connectivity index (χ0n) is 14.2. The van der Waals surface area contributed by atoms with E-state index in [1.165, 1.54) is 0 Å². The van der Waals surface area contributed by atoms with Gasteiger partial charge in [-0.3, -0.25) is 0 Å². The number of nitrogens with zero attached hydrogens (tertiary/aromatic N) is 1. The fourth-order valence-electron chi connectivity index (χ4n) is 2.57. The van der Waals surface area contributed by atoms with Gasteiger partial charge in [-0.1, -0.05) is 30.3 Å². The van der Waals surface area contributed by atoms with Crippen LogP contribution in [0.25, 0.3) is 0 Å². The molecule has 1 fully saturated rings. The summed E-state index contributed by atoms with van der Waals surface area (Å²) in [5.41, 5.74) is 0.576. The minimum Gasteiger partial charge on any atom is -0.444 e. The number of aliphatic hydroxyl groups excluding tert-OH is 1. The van der Waals surface area contributed by atoms with Crippen LogP contribution in [-0.4, -0.2) is 47.0 Å². The first-order valence-corrected chi connectivity index (χ1v) is 8.15. The summed E-state index contributed by atoms with van der Waals surface area (Å²) < 4.78 is 11.3. The Labute approximate surface area is 138 Å². The van der Waals surface area contributed by atoms with Crippen molar-refractivity contribution < 1.29 is 19.4 Å². The third-order valence-electron chi connectivity index (χ3n) is 3.67. The number of ether oxygens (including phenoxy) is 2. The van der Waals surface area contributed by atoms with Crippen molar-refractivity contribution in [3.63, 3.8) is 0 Å². The molecule has 0 aromatic heterocycles. The van der Waals surface area contributed by atoms with Gasteiger partial charge in [-0.2, -0.15) is 0 Å². The molecule has 1 N–H and O–H groups in total. The SMILES string of the molecule is CC(C)(C)OC(=O)N1CC[C@H](OCc2ccccc2)C[C@@H](O)C1. The number of amides is 1. The molecule has 1 aromatic carbocycles. The van der Waals surface area contributed by atoms with Gasteiger partial charge in [0.05, 0.1) is 25.4 Å². The lowest BCUT2D eigenvalue weighted by molar-refractivity contribution is 0.00779. The van der Waals surface area contributed by atoms with Crippen molar-refractivity contribution in [2.45, 2.75) is 58.0 Å². The lowest BCUT2D eigenvalue weighted by Crippen LogP contribution is -2.40. The molecular formula is C18H27NO4. The maximum Gasteiger partial charge on any atom is 0.410 e. The van der Waals surface area contributed by atoms with Crippen LogP contribution in [0.3, 0.4) is 0 Å². The number of aliphatic hydroxyl groups is 1. The highest BCUT2D eigenvalue weighted by Gasteiger charge is 2.29. The molecule has 0 aliphatic carbocycles. The molecule has 0 spiro atoms. The fourth-order valence-corrected chi connectivity index (χ4v) is 2.57. The van der Waals surface area contributed by atoms with Crippen LogP contribution in [0.15, 0.2) is 30.3 Å². The second-order valence-electron chi connectivity index (χ2n) is 7.02. The number of carbonyl (C=O) groups excluding carboxylic acids is 1. The number of β-amino-alcohol motifs (C(OH)–C–C–N with tert-alkyl or cyclic N) is 1. The van der Waals surface area contributed by atoms with Crippen molar-refractivity contribution in [1.29, 1.82) is 0 Å². The first kappa shape index (κ1) is 17.8. The molecule has 2 rings (SSSR count). The molecule has 1 amide bonds. The molecule has 5 nitrogen and oxygen atoms in total. The molecule has 0 bridgehead atoms. The Morgan fingerprint density at radius 1 is 1.30 bits per heavy atom. The third kappa shape index (κ3) is 6.20. The van der Waals surface area contributed by atoms with Crippen molar-refractivity contribution in [2.75, 3.05) is 13.1 Å². The molecule has 0 radical (unpaired) electrons. The zero-order valence-corrected chi connectivity index (χ0v) is 14.2. The van der Waals surface area contributed by atoms with Crippen molar-refractivity contribution >= 4 is 6.09 Å². The summed E-state index contributed by atoms with van der Waals surface area (Å²) in [6.07, 6.45) is 0.207. The van der Waals surface area contributed by atoms with Crippen LogP contribution in [0.5, 0.6) is 0 Å². The molecule has 0 unspecified atom stereocenters. The van der Waals surface area contributed by atoms with Crippen molar-refractivity contribution in [1.82, 2.24) is 4.90 Å². The van der Waals surface area contributed by atoms with E-state index >= 15 is 0 Å². The van der Waals surface area contributed by atoms with Crippen LogP contribution < -0.4 is 0 Å². The Kier molecular flexibility index (Phi) is 6.02. The van der Waals surface area contributed by atoms with Crippen LogP contribution in [0.4, 0.5) is 4.79 Å². The van der Waals surface area contributed by atoms with Gasteiger partial charge in [0.25, 0.3) is 0 Å². The maximum absolute atomic E-state index is 12.1. The van der Waals surface area contributed by atoms with Crippen LogP contribution in [0.2, 0.25) is 0 Å². The van der Waals surface area contributed by atoms with Crippen molar-refractivity contribution in [3.05, 3.63) is 35.9 Å². The highest BCUT2D eigenvalue weighted by atomic mass is 16.6. The number of benzene rings is 1. The summed E-state index contributed by atoms with van der Waals surface area (Å²) in [6.45, 7) is 6.86. The Hall–Kier alpha value is -1.59. The summed E-state index contributed by atoms with van der Waals surface area (Å²) >= 11 is 0. The van der Waals surface area contributed by atoms with Crippen LogP contribution in [0.1, 0.15) is 39.2 Å². The van der Waals surface area contributed by atoms with Crippen molar-refractivity contribution in [3.8, 4) is 0 Å². The van der Waals surface area contributed by atoms with Gasteiger partial charge in [0.2, 0.25) is 0 Å². The van der Waals surface area contributed by atoms with Gasteiger partial charge in [0, 0.05) is 13.0 Å². The molecule has 5 heteroatoms. The first-order chi connectivity index (χ1) is 10.8. The standard InChI is InChI=1S/C18H27NO4/c1-18(2,3)23-17(21)19-10-9-16(11-15(20)12-19)22-13-14-7-5-4-6-8-14/h4-8,15-16,20H,9-13H2,1-3H3/t15-,16+/m1/s1. The summed E-state index contributed by atoms with van der Waals surface area (Å²) in [7, 11) is 0. The highest BCUT2D eigenvalue weighted by molar-refractivity contribution is 5.68. The lowest BCUT2D eigenvalue weighted by atomic mass is 10.1. The summed E-state index contributed by atoms with van der Waals surface area (Å²) in [5.74, 6) is 0. The van der Waals surface area contributed by atoms with Gasteiger partial charge in [0.15, 0.2) is 0 Å². The summed E-state index contributed by atoms with van der Waals surface area (Å²) in [6, 6.07) is 9.95. The molecule has 128 valence electrons. The van der Waals surface area contributed by atoms with E-state index in [4.69, 9.17) is 9.47 Å².